The zero-order chi connectivity index (χ0) is 11.3. The monoisotopic (exact) mass is 229 g/mol. The maximum absolute atomic E-state index is 11.4. The van der Waals surface area contributed by atoms with E-state index >= 15 is 0 Å². The molecule has 5 heteroatoms. The highest BCUT2D eigenvalue weighted by Gasteiger charge is 2.12. The van der Waals surface area contributed by atoms with Crippen LogP contribution < -0.4 is 9.46 Å². The first kappa shape index (κ1) is 12.0. The fraction of sp³-hybridized carbons (Fsp3) is 0.400. The summed E-state index contributed by atoms with van der Waals surface area (Å²) in [5, 5.41) is 0. The minimum atomic E-state index is -3.24. The molecule has 0 aliphatic rings. The molecule has 0 radical (unpaired) electrons. The van der Waals surface area contributed by atoms with Crippen LogP contribution in [0, 0.1) is 0 Å². The summed E-state index contributed by atoms with van der Waals surface area (Å²) >= 11 is 0. The van der Waals surface area contributed by atoms with Gasteiger partial charge in [-0.25, -0.2) is 13.1 Å². The number of benzene rings is 1. The molecule has 1 rings (SSSR count). The highest BCUT2D eigenvalue weighted by Crippen LogP contribution is 2.19. The van der Waals surface area contributed by atoms with E-state index in [1.807, 2.05) is 13.0 Å². The Bertz CT molecular complexity index is 414. The van der Waals surface area contributed by atoms with E-state index < -0.39 is 10.0 Å². The Morgan fingerprint density at radius 2 is 2.00 bits per heavy atom. The minimum Gasteiger partial charge on any atom is -0.494 e. The van der Waals surface area contributed by atoms with Gasteiger partial charge in [0.15, 0.2) is 0 Å². The molecule has 1 N–H and O–H groups in total. The molecule has 0 aliphatic heterocycles. The van der Waals surface area contributed by atoms with Crippen LogP contribution in [0.15, 0.2) is 24.3 Å². The maximum atomic E-state index is 11.4. The predicted octanol–water partition coefficient (Wildman–Crippen LogP) is 1.13. The first-order valence-corrected chi connectivity index (χ1v) is 6.36. The fourth-order valence-electron chi connectivity index (χ4n) is 1.20. The van der Waals surface area contributed by atoms with Crippen LogP contribution >= 0.6 is 0 Å². The van der Waals surface area contributed by atoms with E-state index in [4.69, 9.17) is 4.74 Å². The summed E-state index contributed by atoms with van der Waals surface area (Å²) in [4.78, 5) is 0. The molecule has 0 fully saturated rings. The molecular formula is C10H15NO3S. The molecule has 0 aromatic heterocycles. The van der Waals surface area contributed by atoms with Gasteiger partial charge in [-0.15, -0.1) is 0 Å². The maximum Gasteiger partial charge on any atom is 0.215 e. The van der Waals surface area contributed by atoms with Gasteiger partial charge in [0.2, 0.25) is 10.0 Å². The Labute approximate surface area is 90.3 Å². The lowest BCUT2D eigenvalue weighted by Gasteiger charge is -2.09. The van der Waals surface area contributed by atoms with Gasteiger partial charge in [0.05, 0.1) is 12.4 Å². The van der Waals surface area contributed by atoms with Crippen LogP contribution in [0.1, 0.15) is 12.5 Å². The summed E-state index contributed by atoms with van der Waals surface area (Å²) in [6.07, 6.45) is 0. The van der Waals surface area contributed by atoms with Crippen molar-refractivity contribution < 1.29 is 13.2 Å². The van der Waals surface area contributed by atoms with Gasteiger partial charge >= 0.3 is 0 Å². The number of hydrogen-bond acceptors (Lipinski definition) is 3. The van der Waals surface area contributed by atoms with E-state index in [9.17, 15) is 8.42 Å². The average molecular weight is 229 g/mol. The average Bonchev–Trinajstić information content (AvgIpc) is 2.21. The summed E-state index contributed by atoms with van der Waals surface area (Å²) < 4.78 is 30.3. The van der Waals surface area contributed by atoms with Gasteiger partial charge in [-0.3, -0.25) is 0 Å². The molecule has 0 heterocycles. The van der Waals surface area contributed by atoms with Crippen LogP contribution in [0.4, 0.5) is 0 Å². The van der Waals surface area contributed by atoms with Crippen LogP contribution in [-0.4, -0.2) is 22.1 Å². The lowest BCUT2D eigenvalue weighted by atomic mass is 10.2. The van der Waals surface area contributed by atoms with Gasteiger partial charge < -0.3 is 4.74 Å². The zero-order valence-electron chi connectivity index (χ0n) is 8.86. The largest absolute Gasteiger partial charge is 0.494 e. The number of ether oxygens (including phenoxy) is 1. The van der Waals surface area contributed by atoms with Crippen molar-refractivity contribution in [3.05, 3.63) is 29.8 Å². The third-order valence-electron chi connectivity index (χ3n) is 1.93. The number of rotatable bonds is 5. The van der Waals surface area contributed by atoms with Gasteiger partial charge in [-0.1, -0.05) is 18.2 Å². The minimum absolute atomic E-state index is 0.0559. The Morgan fingerprint density at radius 3 is 2.60 bits per heavy atom. The van der Waals surface area contributed by atoms with Crippen molar-refractivity contribution in [3.63, 3.8) is 0 Å². The highest BCUT2D eigenvalue weighted by atomic mass is 32.2. The van der Waals surface area contributed by atoms with E-state index in [0.29, 0.717) is 17.9 Å². The lowest BCUT2D eigenvalue weighted by molar-refractivity contribution is 0.337. The first-order chi connectivity index (χ1) is 7.09. The van der Waals surface area contributed by atoms with Crippen molar-refractivity contribution in [2.45, 2.75) is 12.7 Å². The van der Waals surface area contributed by atoms with Gasteiger partial charge in [0, 0.05) is 5.56 Å². The molecule has 0 amide bonds. The molecule has 0 unspecified atom stereocenters. The van der Waals surface area contributed by atoms with Crippen molar-refractivity contribution in [3.8, 4) is 5.75 Å². The molecule has 4 nitrogen and oxygen atoms in total. The summed E-state index contributed by atoms with van der Waals surface area (Å²) in [5.41, 5.74) is 0.675. The van der Waals surface area contributed by atoms with Crippen LogP contribution in [0.25, 0.3) is 0 Å². The third-order valence-corrected chi connectivity index (χ3v) is 3.24. The molecular weight excluding hydrogens is 214 g/mol. The predicted molar refractivity (Wildman–Crippen MR) is 59.3 cm³/mol. The molecule has 84 valence electrons. The Kier molecular flexibility index (Phi) is 4.11. The summed E-state index contributed by atoms with van der Waals surface area (Å²) in [5.74, 6) is 0.568. The van der Waals surface area contributed by atoms with Crippen LogP contribution in [0.5, 0.6) is 5.75 Å². The summed E-state index contributed by atoms with van der Waals surface area (Å²) in [7, 11) is -1.84. The third kappa shape index (κ3) is 3.53. The van der Waals surface area contributed by atoms with Gasteiger partial charge in [-0.2, -0.15) is 0 Å². The molecule has 0 spiro atoms. The number of sulfonamides is 1. The van der Waals surface area contributed by atoms with Gasteiger partial charge in [0.1, 0.15) is 5.75 Å². The van der Waals surface area contributed by atoms with Crippen LogP contribution in [0.2, 0.25) is 0 Å². The topological polar surface area (TPSA) is 55.4 Å². The second kappa shape index (κ2) is 5.14. The smallest absolute Gasteiger partial charge is 0.215 e. The molecule has 0 aliphatic carbocycles. The molecule has 1 aromatic carbocycles. The first-order valence-electron chi connectivity index (χ1n) is 4.71. The van der Waals surface area contributed by atoms with Crippen LogP contribution in [0.3, 0.4) is 0 Å². The summed E-state index contributed by atoms with van der Waals surface area (Å²) in [6, 6.07) is 7.13. The zero-order valence-corrected chi connectivity index (χ0v) is 9.67. The van der Waals surface area contributed by atoms with E-state index in [0.717, 1.165) is 0 Å². The molecule has 0 atom stereocenters. The second-order valence-electron chi connectivity index (χ2n) is 3.00. The highest BCUT2D eigenvalue weighted by molar-refractivity contribution is 7.88. The van der Waals surface area contributed by atoms with Crippen molar-refractivity contribution in [2.24, 2.45) is 0 Å². The van der Waals surface area contributed by atoms with E-state index in [1.165, 1.54) is 7.05 Å². The normalized spacial score (nSPS) is 11.3. The Hall–Kier alpha value is -1.07. The molecule has 1 aromatic rings. The number of nitrogens with one attached hydrogen (secondary N) is 1. The number of hydrogen-bond donors (Lipinski definition) is 1. The van der Waals surface area contributed by atoms with E-state index in [2.05, 4.69) is 4.72 Å². The fourth-order valence-corrected chi connectivity index (χ4v) is 1.99. The summed E-state index contributed by atoms with van der Waals surface area (Å²) in [6.45, 7) is 2.39. The van der Waals surface area contributed by atoms with Crippen molar-refractivity contribution in [1.29, 1.82) is 0 Å². The Morgan fingerprint density at radius 1 is 1.33 bits per heavy atom. The quantitative estimate of drug-likeness (QED) is 0.823. The van der Waals surface area contributed by atoms with Crippen LogP contribution in [-0.2, 0) is 15.8 Å². The van der Waals surface area contributed by atoms with Gasteiger partial charge in [-0.05, 0) is 20.0 Å². The molecule has 15 heavy (non-hydrogen) atoms. The number of para-hydroxylation sites is 1. The van der Waals surface area contributed by atoms with Crippen molar-refractivity contribution in [1.82, 2.24) is 4.72 Å². The standard InChI is InChI=1S/C10H15NO3S/c1-3-14-10-7-5-4-6-9(10)8-15(12,13)11-2/h4-7,11H,3,8H2,1-2H3. The van der Waals surface area contributed by atoms with E-state index in [1.54, 1.807) is 18.2 Å². The van der Waals surface area contributed by atoms with Crippen molar-refractivity contribution >= 4 is 10.0 Å². The molecule has 0 saturated carbocycles. The lowest BCUT2D eigenvalue weighted by Crippen LogP contribution is -2.20. The Balaban J connectivity index is 2.94. The van der Waals surface area contributed by atoms with E-state index in [-0.39, 0.29) is 5.75 Å². The second-order valence-corrected chi connectivity index (χ2v) is 4.93. The molecule has 0 saturated heterocycles. The van der Waals surface area contributed by atoms with Crippen molar-refractivity contribution in [2.75, 3.05) is 13.7 Å². The molecule has 0 bridgehead atoms. The SMILES string of the molecule is CCOc1ccccc1CS(=O)(=O)NC. The van der Waals surface area contributed by atoms with Gasteiger partial charge in [0.25, 0.3) is 0 Å².